The van der Waals surface area contributed by atoms with Crippen molar-refractivity contribution in [3.05, 3.63) is 27.7 Å². The first kappa shape index (κ1) is 17.4. The Kier molecular flexibility index (Phi) is 3.96. The van der Waals surface area contributed by atoms with Gasteiger partial charge in [-0.05, 0) is 86.9 Å². The molecule has 2 nitrogen and oxygen atoms in total. The van der Waals surface area contributed by atoms with E-state index in [2.05, 4.69) is 32.2 Å². The summed E-state index contributed by atoms with van der Waals surface area (Å²) < 4.78 is 0. The number of aliphatic hydroxyl groups is 1. The van der Waals surface area contributed by atoms with Crippen molar-refractivity contribution in [2.75, 3.05) is 0 Å². The smallest absolute Gasteiger partial charge is 0.0964 e. The minimum absolute atomic E-state index is 0.0938. The summed E-state index contributed by atoms with van der Waals surface area (Å²) in [7, 11) is 0. The number of nitrogens with zero attached hydrogens (tertiary/aromatic N) is 1. The second-order valence-corrected chi connectivity index (χ2v) is 11.0. The lowest BCUT2D eigenvalue weighted by Crippen LogP contribution is -2.50. The summed E-state index contributed by atoms with van der Waals surface area (Å²) in [4.78, 5) is 4.90. The molecule has 0 amide bonds. The summed E-state index contributed by atoms with van der Waals surface area (Å²) in [6, 6.07) is 0. The fourth-order valence-corrected chi connectivity index (χ4v) is 8.67. The first-order chi connectivity index (χ1) is 12.4. The standard InChI is InChI=1S/C23H33NOS/c1-14-13-26-21(24-14)20-7-6-18-17-5-4-15-12-16(25)8-10-22(15,2)19(17)9-11-23(18,20)3/h4,13,16-20,25H,5-12H2,1-3H3/t16?,17-,18-,19-,20?,22-,23-/m0/s1. The number of aryl methyl sites for hydroxylation is 1. The van der Waals surface area contributed by atoms with Gasteiger partial charge in [0.2, 0.25) is 0 Å². The third-order valence-electron chi connectivity index (χ3n) is 9.01. The van der Waals surface area contributed by atoms with Gasteiger partial charge < -0.3 is 5.11 Å². The Morgan fingerprint density at radius 3 is 2.73 bits per heavy atom. The van der Waals surface area contributed by atoms with E-state index in [1.165, 1.54) is 49.2 Å². The quantitative estimate of drug-likeness (QED) is 0.627. The first-order valence-corrected chi connectivity index (χ1v) is 11.6. The lowest BCUT2D eigenvalue weighted by molar-refractivity contribution is -0.0409. The molecule has 1 aromatic rings. The van der Waals surface area contributed by atoms with Crippen LogP contribution in [0, 0.1) is 35.5 Å². The zero-order chi connectivity index (χ0) is 18.1. The number of fused-ring (bicyclic) bond motifs is 5. The Labute approximate surface area is 162 Å². The highest BCUT2D eigenvalue weighted by Crippen LogP contribution is 2.68. The van der Waals surface area contributed by atoms with E-state index in [4.69, 9.17) is 4.98 Å². The zero-order valence-electron chi connectivity index (χ0n) is 16.5. The van der Waals surface area contributed by atoms with Gasteiger partial charge in [-0.2, -0.15) is 0 Å². The highest BCUT2D eigenvalue weighted by molar-refractivity contribution is 7.09. The van der Waals surface area contributed by atoms with E-state index in [-0.39, 0.29) is 6.10 Å². The molecular formula is C23H33NOS. The zero-order valence-corrected chi connectivity index (χ0v) is 17.3. The van der Waals surface area contributed by atoms with Crippen LogP contribution in [0.2, 0.25) is 0 Å². The van der Waals surface area contributed by atoms with Gasteiger partial charge in [0, 0.05) is 17.0 Å². The van der Waals surface area contributed by atoms with Gasteiger partial charge in [-0.25, -0.2) is 4.98 Å². The van der Waals surface area contributed by atoms with Gasteiger partial charge in [-0.3, -0.25) is 0 Å². The molecule has 4 aliphatic rings. The molecule has 0 spiro atoms. The summed E-state index contributed by atoms with van der Waals surface area (Å²) in [6.45, 7) is 7.26. The Bertz CT molecular complexity index is 738. The topological polar surface area (TPSA) is 33.1 Å². The molecule has 3 saturated carbocycles. The highest BCUT2D eigenvalue weighted by atomic mass is 32.1. The SMILES string of the molecule is Cc1csc(C2CC[C@H]3[C@@H]4CC=C5CC(O)CC[C@]5(C)[C@H]4CC[C@]23C)n1. The molecule has 5 rings (SSSR count). The van der Waals surface area contributed by atoms with Gasteiger partial charge in [-0.15, -0.1) is 11.3 Å². The predicted octanol–water partition coefficient (Wildman–Crippen LogP) is 5.86. The largest absolute Gasteiger partial charge is 0.393 e. The summed E-state index contributed by atoms with van der Waals surface area (Å²) in [5, 5.41) is 13.8. The minimum atomic E-state index is -0.0938. The van der Waals surface area contributed by atoms with E-state index in [1.807, 2.05) is 11.3 Å². The third-order valence-corrected chi connectivity index (χ3v) is 10.1. The number of rotatable bonds is 1. The van der Waals surface area contributed by atoms with Crippen molar-refractivity contribution in [2.45, 2.75) is 84.2 Å². The lowest BCUT2D eigenvalue weighted by atomic mass is 9.47. The number of allylic oxidation sites excluding steroid dienone is 1. The molecule has 1 heterocycles. The van der Waals surface area contributed by atoms with Crippen LogP contribution in [0.25, 0.3) is 0 Å². The molecule has 0 aliphatic heterocycles. The van der Waals surface area contributed by atoms with Crippen molar-refractivity contribution in [2.24, 2.45) is 28.6 Å². The summed E-state index contributed by atoms with van der Waals surface area (Å²) in [5.74, 6) is 3.23. The number of thiazole rings is 1. The van der Waals surface area contributed by atoms with Crippen LogP contribution >= 0.6 is 11.3 Å². The normalized spacial score (nSPS) is 47.7. The van der Waals surface area contributed by atoms with Crippen molar-refractivity contribution in [1.29, 1.82) is 0 Å². The van der Waals surface area contributed by atoms with E-state index in [0.29, 0.717) is 16.7 Å². The van der Waals surface area contributed by atoms with Gasteiger partial charge in [0.25, 0.3) is 0 Å². The molecule has 1 N–H and O–H groups in total. The molecule has 1 aromatic heterocycles. The molecule has 0 radical (unpaired) electrons. The molecule has 0 aromatic carbocycles. The van der Waals surface area contributed by atoms with Crippen molar-refractivity contribution in [3.8, 4) is 0 Å². The highest BCUT2D eigenvalue weighted by Gasteiger charge is 2.59. The van der Waals surface area contributed by atoms with Crippen LogP contribution in [0.5, 0.6) is 0 Å². The fraction of sp³-hybridized carbons (Fsp3) is 0.783. The van der Waals surface area contributed by atoms with Crippen molar-refractivity contribution >= 4 is 11.3 Å². The first-order valence-electron chi connectivity index (χ1n) is 10.7. The molecule has 7 atom stereocenters. The Morgan fingerprint density at radius 1 is 1.12 bits per heavy atom. The molecule has 0 saturated heterocycles. The Balaban J connectivity index is 1.46. The summed E-state index contributed by atoms with van der Waals surface area (Å²) in [5.41, 5.74) is 3.59. The molecule has 3 fully saturated rings. The van der Waals surface area contributed by atoms with Crippen molar-refractivity contribution < 1.29 is 5.11 Å². The fourth-order valence-electron chi connectivity index (χ4n) is 7.58. The van der Waals surface area contributed by atoms with Gasteiger partial charge in [-0.1, -0.05) is 25.5 Å². The summed E-state index contributed by atoms with van der Waals surface area (Å²) in [6.07, 6.45) is 12.3. The maximum Gasteiger partial charge on any atom is 0.0964 e. The second-order valence-electron chi connectivity index (χ2n) is 10.2. The average molecular weight is 372 g/mol. The minimum Gasteiger partial charge on any atom is -0.393 e. The van der Waals surface area contributed by atoms with Gasteiger partial charge in [0.1, 0.15) is 0 Å². The third kappa shape index (κ3) is 2.35. The maximum absolute atomic E-state index is 10.2. The van der Waals surface area contributed by atoms with Crippen LogP contribution in [0.15, 0.2) is 17.0 Å². The van der Waals surface area contributed by atoms with Crippen LogP contribution in [-0.2, 0) is 0 Å². The van der Waals surface area contributed by atoms with Crippen LogP contribution in [0.1, 0.15) is 81.8 Å². The average Bonchev–Trinajstić information content (AvgIpc) is 3.18. The molecule has 0 bridgehead atoms. The van der Waals surface area contributed by atoms with Crippen LogP contribution in [-0.4, -0.2) is 16.2 Å². The van der Waals surface area contributed by atoms with Crippen molar-refractivity contribution in [3.63, 3.8) is 0 Å². The van der Waals surface area contributed by atoms with Gasteiger partial charge >= 0.3 is 0 Å². The monoisotopic (exact) mass is 371 g/mol. The van der Waals surface area contributed by atoms with Crippen LogP contribution < -0.4 is 0 Å². The van der Waals surface area contributed by atoms with Gasteiger partial charge in [0.15, 0.2) is 0 Å². The van der Waals surface area contributed by atoms with E-state index in [0.717, 1.165) is 30.6 Å². The molecule has 142 valence electrons. The predicted molar refractivity (Wildman–Crippen MR) is 107 cm³/mol. The molecule has 2 unspecified atom stereocenters. The number of hydrogen-bond acceptors (Lipinski definition) is 3. The van der Waals surface area contributed by atoms with Crippen LogP contribution in [0.3, 0.4) is 0 Å². The molecule has 26 heavy (non-hydrogen) atoms. The van der Waals surface area contributed by atoms with E-state index in [1.54, 1.807) is 5.57 Å². The summed E-state index contributed by atoms with van der Waals surface area (Å²) >= 11 is 1.90. The van der Waals surface area contributed by atoms with E-state index >= 15 is 0 Å². The molecule has 3 heteroatoms. The number of aromatic nitrogens is 1. The number of aliphatic hydroxyl groups excluding tert-OH is 1. The molecular weight excluding hydrogens is 338 g/mol. The Hall–Kier alpha value is -0.670. The maximum atomic E-state index is 10.2. The van der Waals surface area contributed by atoms with Crippen LogP contribution in [0.4, 0.5) is 0 Å². The second kappa shape index (κ2) is 5.91. The van der Waals surface area contributed by atoms with E-state index < -0.39 is 0 Å². The van der Waals surface area contributed by atoms with Gasteiger partial charge in [0.05, 0.1) is 11.1 Å². The Morgan fingerprint density at radius 2 is 1.96 bits per heavy atom. The van der Waals surface area contributed by atoms with Crippen molar-refractivity contribution in [1.82, 2.24) is 4.98 Å². The number of hydrogen-bond donors (Lipinski definition) is 1. The lowest BCUT2D eigenvalue weighted by Gasteiger charge is -2.58. The van der Waals surface area contributed by atoms with E-state index in [9.17, 15) is 5.11 Å². The molecule has 4 aliphatic carbocycles.